The highest BCUT2D eigenvalue weighted by molar-refractivity contribution is 5.81. The van der Waals surface area contributed by atoms with Crippen molar-refractivity contribution in [3.05, 3.63) is 0 Å². The van der Waals surface area contributed by atoms with Gasteiger partial charge in [-0.15, -0.1) is 0 Å². The molecule has 1 N–H and O–H groups in total. The average molecular weight is 175 g/mol. The fourth-order valence-electron chi connectivity index (χ4n) is 0.858. The third-order valence-corrected chi connectivity index (χ3v) is 1.58. The molecule has 0 unspecified atom stereocenters. The van der Waals surface area contributed by atoms with Gasteiger partial charge >= 0.3 is 5.97 Å². The van der Waals surface area contributed by atoms with Gasteiger partial charge in [-0.3, -0.25) is 0 Å². The highest BCUT2D eigenvalue weighted by Crippen LogP contribution is 2.21. The number of esters is 1. The Bertz CT molecular complexity index is 194. The minimum absolute atomic E-state index is 0.0713. The molecule has 1 rings (SSSR count). The highest BCUT2D eigenvalue weighted by atomic mass is 19.1. The van der Waals surface area contributed by atoms with Crippen LogP contribution in [0, 0.1) is 0 Å². The van der Waals surface area contributed by atoms with Gasteiger partial charge in [-0.05, 0) is 20.8 Å². The largest absolute Gasteiger partial charge is 0.458 e. The van der Waals surface area contributed by atoms with Crippen molar-refractivity contribution in [3.8, 4) is 0 Å². The SMILES string of the molecule is CC(C)(C)OC(=O)C1(F)CNC1. The maximum atomic E-state index is 13.3. The first kappa shape index (κ1) is 9.45. The van der Waals surface area contributed by atoms with Crippen LogP contribution in [0.25, 0.3) is 0 Å². The molecule has 0 radical (unpaired) electrons. The molecule has 0 spiro atoms. The molecule has 12 heavy (non-hydrogen) atoms. The molecule has 70 valence electrons. The van der Waals surface area contributed by atoms with Crippen molar-refractivity contribution in [2.45, 2.75) is 32.0 Å². The summed E-state index contributed by atoms with van der Waals surface area (Å²) in [4.78, 5) is 11.1. The Morgan fingerprint density at radius 3 is 2.25 bits per heavy atom. The van der Waals surface area contributed by atoms with Crippen LogP contribution < -0.4 is 5.32 Å². The molecule has 1 fully saturated rings. The second kappa shape index (κ2) is 2.69. The zero-order chi connectivity index (χ0) is 9.41. The van der Waals surface area contributed by atoms with Gasteiger partial charge in [0.1, 0.15) is 5.60 Å². The van der Waals surface area contributed by atoms with Gasteiger partial charge in [0.05, 0.1) is 0 Å². The van der Waals surface area contributed by atoms with Crippen LogP contribution in [0.4, 0.5) is 4.39 Å². The first-order chi connectivity index (χ1) is 5.33. The fourth-order valence-corrected chi connectivity index (χ4v) is 0.858. The van der Waals surface area contributed by atoms with E-state index < -0.39 is 17.2 Å². The number of rotatable bonds is 1. The topological polar surface area (TPSA) is 38.3 Å². The molecule has 0 aromatic rings. The van der Waals surface area contributed by atoms with Crippen LogP contribution in [0.15, 0.2) is 0 Å². The Hall–Kier alpha value is -0.640. The Morgan fingerprint density at radius 2 is 2.00 bits per heavy atom. The van der Waals surface area contributed by atoms with Crippen LogP contribution in [0.2, 0.25) is 0 Å². The number of hydrogen-bond donors (Lipinski definition) is 1. The standard InChI is InChI=1S/C8H14FNO2/c1-7(2,3)12-6(11)8(9)4-10-5-8/h10H,4-5H2,1-3H3. The number of hydrogen-bond acceptors (Lipinski definition) is 3. The molecule has 1 aliphatic heterocycles. The molecule has 0 aromatic carbocycles. The second-order valence-electron chi connectivity index (χ2n) is 4.07. The Balaban J connectivity index is 2.49. The van der Waals surface area contributed by atoms with E-state index in [1.54, 1.807) is 20.8 Å². The van der Waals surface area contributed by atoms with Crippen LogP contribution in [0.5, 0.6) is 0 Å². The van der Waals surface area contributed by atoms with Crippen molar-refractivity contribution in [1.82, 2.24) is 5.32 Å². The minimum atomic E-state index is -1.78. The third-order valence-electron chi connectivity index (χ3n) is 1.58. The van der Waals surface area contributed by atoms with E-state index in [4.69, 9.17) is 4.74 Å². The maximum absolute atomic E-state index is 13.3. The number of carbonyl (C=O) groups excluding carboxylic acids is 1. The summed E-state index contributed by atoms with van der Waals surface area (Å²) in [5.41, 5.74) is -2.39. The smallest absolute Gasteiger partial charge is 0.347 e. The van der Waals surface area contributed by atoms with E-state index >= 15 is 0 Å². The summed E-state index contributed by atoms with van der Waals surface area (Å²) < 4.78 is 18.2. The normalized spacial score (nSPS) is 21.3. The molecule has 0 aliphatic carbocycles. The molecule has 3 nitrogen and oxygen atoms in total. The van der Waals surface area contributed by atoms with Gasteiger partial charge in [0, 0.05) is 13.1 Å². The Morgan fingerprint density at radius 1 is 1.50 bits per heavy atom. The number of nitrogens with one attached hydrogen (secondary N) is 1. The average Bonchev–Trinajstić information content (AvgIpc) is 1.78. The number of halogens is 1. The zero-order valence-corrected chi connectivity index (χ0v) is 7.61. The first-order valence-corrected chi connectivity index (χ1v) is 3.97. The van der Waals surface area contributed by atoms with Crippen LogP contribution in [0.1, 0.15) is 20.8 Å². The lowest BCUT2D eigenvalue weighted by molar-refractivity contribution is -0.173. The van der Waals surface area contributed by atoms with Crippen molar-refractivity contribution >= 4 is 5.97 Å². The fraction of sp³-hybridized carbons (Fsp3) is 0.875. The molecule has 0 atom stereocenters. The highest BCUT2D eigenvalue weighted by Gasteiger charge is 2.47. The lowest BCUT2D eigenvalue weighted by atomic mass is 9.99. The molecule has 1 heterocycles. The first-order valence-electron chi connectivity index (χ1n) is 3.97. The summed E-state index contributed by atoms with van der Waals surface area (Å²) in [5, 5.41) is 2.69. The van der Waals surface area contributed by atoms with Gasteiger partial charge < -0.3 is 10.1 Å². The summed E-state index contributed by atoms with van der Waals surface area (Å²) in [6.45, 7) is 5.31. The molecule has 1 saturated heterocycles. The number of carbonyl (C=O) groups is 1. The molecular formula is C8H14FNO2. The summed E-state index contributed by atoms with van der Waals surface area (Å²) in [6, 6.07) is 0. The maximum Gasteiger partial charge on any atom is 0.347 e. The van der Waals surface area contributed by atoms with Gasteiger partial charge in [-0.2, -0.15) is 0 Å². The predicted molar refractivity (Wildman–Crippen MR) is 42.6 cm³/mol. The van der Waals surface area contributed by atoms with Crippen molar-refractivity contribution in [2.24, 2.45) is 0 Å². The molecule has 0 amide bonds. The van der Waals surface area contributed by atoms with Gasteiger partial charge in [-0.25, -0.2) is 9.18 Å². The molecule has 0 bridgehead atoms. The van der Waals surface area contributed by atoms with Crippen molar-refractivity contribution < 1.29 is 13.9 Å². The lowest BCUT2D eigenvalue weighted by Crippen LogP contribution is -2.62. The summed E-state index contributed by atoms with van der Waals surface area (Å²) in [5.74, 6) is -0.756. The van der Waals surface area contributed by atoms with E-state index in [0.29, 0.717) is 0 Å². The van der Waals surface area contributed by atoms with E-state index in [9.17, 15) is 9.18 Å². The number of alkyl halides is 1. The quantitative estimate of drug-likeness (QED) is 0.594. The molecule has 0 saturated carbocycles. The summed E-state index contributed by atoms with van der Waals surface area (Å²) in [6.07, 6.45) is 0. The van der Waals surface area contributed by atoms with Gasteiger partial charge in [-0.1, -0.05) is 0 Å². The van der Waals surface area contributed by atoms with Gasteiger partial charge in [0.25, 0.3) is 0 Å². The second-order valence-corrected chi connectivity index (χ2v) is 4.07. The minimum Gasteiger partial charge on any atom is -0.458 e. The van der Waals surface area contributed by atoms with E-state index in [1.165, 1.54) is 0 Å². The Labute approximate surface area is 71.3 Å². The summed E-state index contributed by atoms with van der Waals surface area (Å²) in [7, 11) is 0. The van der Waals surface area contributed by atoms with Crippen molar-refractivity contribution in [1.29, 1.82) is 0 Å². The van der Waals surface area contributed by atoms with E-state index in [2.05, 4.69) is 5.32 Å². The van der Waals surface area contributed by atoms with E-state index in [-0.39, 0.29) is 13.1 Å². The zero-order valence-electron chi connectivity index (χ0n) is 7.61. The van der Waals surface area contributed by atoms with E-state index in [0.717, 1.165) is 0 Å². The van der Waals surface area contributed by atoms with Crippen molar-refractivity contribution in [3.63, 3.8) is 0 Å². The predicted octanol–water partition coefficient (Wildman–Crippen LogP) is 0.640. The molecule has 4 heteroatoms. The third kappa shape index (κ3) is 1.94. The molecule has 0 aromatic heterocycles. The van der Waals surface area contributed by atoms with Crippen LogP contribution in [0.3, 0.4) is 0 Å². The van der Waals surface area contributed by atoms with Crippen LogP contribution in [-0.2, 0) is 9.53 Å². The van der Waals surface area contributed by atoms with Crippen molar-refractivity contribution in [2.75, 3.05) is 13.1 Å². The van der Waals surface area contributed by atoms with E-state index in [1.807, 2.05) is 0 Å². The monoisotopic (exact) mass is 175 g/mol. The summed E-state index contributed by atoms with van der Waals surface area (Å²) >= 11 is 0. The molecular weight excluding hydrogens is 161 g/mol. The molecule has 1 aliphatic rings. The van der Waals surface area contributed by atoms with Gasteiger partial charge in [0.15, 0.2) is 0 Å². The Kier molecular flexibility index (Phi) is 2.12. The number of ether oxygens (including phenoxy) is 1. The van der Waals surface area contributed by atoms with Gasteiger partial charge in [0.2, 0.25) is 5.67 Å². The lowest BCUT2D eigenvalue weighted by Gasteiger charge is -2.34. The van der Waals surface area contributed by atoms with Crippen LogP contribution >= 0.6 is 0 Å². The van der Waals surface area contributed by atoms with Crippen LogP contribution in [-0.4, -0.2) is 30.3 Å².